The van der Waals surface area contributed by atoms with E-state index in [-0.39, 0.29) is 11.9 Å². The molecule has 5 nitrogen and oxygen atoms in total. The first-order chi connectivity index (χ1) is 9.59. The lowest BCUT2D eigenvalue weighted by molar-refractivity contribution is 0.127. The summed E-state index contributed by atoms with van der Waals surface area (Å²) in [4.78, 5) is 0.933. The Morgan fingerprint density at radius 3 is 3.10 bits per heavy atom. The van der Waals surface area contributed by atoms with Crippen LogP contribution in [0.5, 0.6) is 0 Å². The number of rotatable bonds is 5. The third-order valence-electron chi connectivity index (χ3n) is 2.88. The molecule has 1 atom stereocenters. The summed E-state index contributed by atoms with van der Waals surface area (Å²) in [6.07, 6.45) is 1.59. The Morgan fingerprint density at radius 2 is 2.40 bits per heavy atom. The van der Waals surface area contributed by atoms with E-state index in [1.165, 1.54) is 11.3 Å². The van der Waals surface area contributed by atoms with Crippen molar-refractivity contribution < 1.29 is 13.2 Å². The molecular weight excluding hydrogens is 296 g/mol. The molecule has 3 N–H and O–H groups in total. The first kappa shape index (κ1) is 15.5. The van der Waals surface area contributed by atoms with Crippen LogP contribution in [0, 0.1) is 11.8 Å². The highest BCUT2D eigenvalue weighted by Gasteiger charge is 2.23. The van der Waals surface area contributed by atoms with Crippen molar-refractivity contribution in [2.45, 2.75) is 25.5 Å². The average molecular weight is 314 g/mol. The Labute approximate surface area is 123 Å². The highest BCUT2D eigenvalue weighted by Crippen LogP contribution is 2.16. The standard InChI is InChI=1S/C13H18N2O3S2/c14-5-1-3-11-7-13(19-9-11)8-15-20(16,17)10-12-4-2-6-18-12/h7,9,12,15H,2,4-6,8,10,14H2. The zero-order valence-corrected chi connectivity index (χ0v) is 12.7. The Morgan fingerprint density at radius 1 is 1.55 bits per heavy atom. The lowest BCUT2D eigenvalue weighted by atomic mass is 10.3. The van der Waals surface area contributed by atoms with Crippen LogP contribution in [-0.2, 0) is 21.3 Å². The van der Waals surface area contributed by atoms with Gasteiger partial charge in [-0.1, -0.05) is 11.8 Å². The molecule has 0 amide bonds. The zero-order chi connectivity index (χ0) is 14.4. The Kier molecular flexibility index (Phi) is 5.57. The van der Waals surface area contributed by atoms with Crippen molar-refractivity contribution in [2.75, 3.05) is 18.9 Å². The van der Waals surface area contributed by atoms with Gasteiger partial charge in [-0.25, -0.2) is 13.1 Å². The van der Waals surface area contributed by atoms with Crippen molar-refractivity contribution in [1.82, 2.24) is 4.72 Å². The molecule has 1 aliphatic heterocycles. The smallest absolute Gasteiger partial charge is 0.214 e. The molecular formula is C13H18N2O3S2. The van der Waals surface area contributed by atoms with E-state index in [1.807, 2.05) is 11.4 Å². The first-order valence-corrected chi connectivity index (χ1v) is 8.97. The number of hydrogen-bond acceptors (Lipinski definition) is 5. The predicted octanol–water partition coefficient (Wildman–Crippen LogP) is 0.657. The second-order valence-electron chi connectivity index (χ2n) is 4.55. The SMILES string of the molecule is NCC#Cc1csc(CNS(=O)(=O)CC2CCCO2)c1. The largest absolute Gasteiger partial charge is 0.377 e. The van der Waals surface area contributed by atoms with Gasteiger partial charge in [0.25, 0.3) is 0 Å². The summed E-state index contributed by atoms with van der Waals surface area (Å²) in [5.41, 5.74) is 6.17. The van der Waals surface area contributed by atoms with Crippen molar-refractivity contribution in [1.29, 1.82) is 0 Å². The van der Waals surface area contributed by atoms with Gasteiger partial charge in [-0.05, 0) is 18.9 Å². The maximum absolute atomic E-state index is 11.9. The van der Waals surface area contributed by atoms with E-state index in [9.17, 15) is 8.42 Å². The van der Waals surface area contributed by atoms with Crippen molar-refractivity contribution in [2.24, 2.45) is 5.73 Å². The molecule has 1 aromatic rings. The quantitative estimate of drug-likeness (QED) is 0.782. The zero-order valence-electron chi connectivity index (χ0n) is 11.1. The Hall–Kier alpha value is -0.910. The van der Waals surface area contributed by atoms with Crippen LogP contribution in [-0.4, -0.2) is 33.4 Å². The molecule has 0 radical (unpaired) electrons. The topological polar surface area (TPSA) is 81.4 Å². The maximum atomic E-state index is 11.9. The lowest BCUT2D eigenvalue weighted by Crippen LogP contribution is -2.31. The average Bonchev–Trinajstić information content (AvgIpc) is 3.05. The van der Waals surface area contributed by atoms with Gasteiger partial charge in [-0.2, -0.15) is 0 Å². The molecule has 7 heteroatoms. The van der Waals surface area contributed by atoms with Gasteiger partial charge in [0.1, 0.15) is 0 Å². The fourth-order valence-electron chi connectivity index (χ4n) is 1.95. The molecule has 1 unspecified atom stereocenters. The monoisotopic (exact) mass is 314 g/mol. The van der Waals surface area contributed by atoms with Crippen molar-refractivity contribution in [3.63, 3.8) is 0 Å². The van der Waals surface area contributed by atoms with Crippen molar-refractivity contribution in [3.8, 4) is 11.8 Å². The summed E-state index contributed by atoms with van der Waals surface area (Å²) in [7, 11) is -3.30. The van der Waals surface area contributed by atoms with Gasteiger partial charge in [0.05, 0.1) is 18.4 Å². The summed E-state index contributed by atoms with van der Waals surface area (Å²) < 4.78 is 31.8. The summed E-state index contributed by atoms with van der Waals surface area (Å²) in [5.74, 6) is 5.73. The van der Waals surface area contributed by atoms with Crippen LogP contribution >= 0.6 is 11.3 Å². The number of nitrogens with two attached hydrogens (primary N) is 1. The van der Waals surface area contributed by atoms with E-state index in [4.69, 9.17) is 10.5 Å². The lowest BCUT2D eigenvalue weighted by Gasteiger charge is -2.10. The van der Waals surface area contributed by atoms with Crippen molar-refractivity contribution in [3.05, 3.63) is 21.9 Å². The van der Waals surface area contributed by atoms with E-state index < -0.39 is 10.0 Å². The van der Waals surface area contributed by atoms with Gasteiger partial charge in [0.2, 0.25) is 10.0 Å². The molecule has 1 aromatic heterocycles. The van der Waals surface area contributed by atoms with Crippen LogP contribution in [0.4, 0.5) is 0 Å². The molecule has 2 heterocycles. The molecule has 2 rings (SSSR count). The third kappa shape index (κ3) is 4.89. The van der Waals surface area contributed by atoms with Gasteiger partial charge in [-0.3, -0.25) is 0 Å². The van der Waals surface area contributed by atoms with E-state index in [0.717, 1.165) is 23.3 Å². The van der Waals surface area contributed by atoms with Crippen LogP contribution in [0.15, 0.2) is 11.4 Å². The molecule has 110 valence electrons. The maximum Gasteiger partial charge on any atom is 0.214 e. The van der Waals surface area contributed by atoms with Crippen LogP contribution in [0.25, 0.3) is 0 Å². The minimum absolute atomic E-state index is 0.0399. The fourth-order valence-corrected chi connectivity index (χ4v) is 4.05. The Bertz CT molecular complexity index is 593. The summed E-state index contributed by atoms with van der Waals surface area (Å²) in [5, 5.41) is 1.90. The molecule has 1 aliphatic rings. The van der Waals surface area contributed by atoms with E-state index in [0.29, 0.717) is 19.7 Å². The van der Waals surface area contributed by atoms with Gasteiger partial charge in [-0.15, -0.1) is 11.3 Å². The van der Waals surface area contributed by atoms with E-state index in [1.54, 1.807) is 0 Å². The van der Waals surface area contributed by atoms with Crippen LogP contribution in [0.3, 0.4) is 0 Å². The van der Waals surface area contributed by atoms with Crippen LogP contribution in [0.1, 0.15) is 23.3 Å². The minimum Gasteiger partial charge on any atom is -0.377 e. The minimum atomic E-state index is -3.30. The van der Waals surface area contributed by atoms with Crippen molar-refractivity contribution >= 4 is 21.4 Å². The van der Waals surface area contributed by atoms with E-state index in [2.05, 4.69) is 16.6 Å². The number of sulfonamides is 1. The molecule has 0 aliphatic carbocycles. The molecule has 1 saturated heterocycles. The fraction of sp³-hybridized carbons (Fsp3) is 0.538. The summed E-state index contributed by atoms with van der Waals surface area (Å²) in [6.45, 7) is 1.28. The molecule has 20 heavy (non-hydrogen) atoms. The summed E-state index contributed by atoms with van der Waals surface area (Å²) >= 11 is 1.48. The number of thiophene rings is 1. The van der Waals surface area contributed by atoms with Gasteiger partial charge in [0.15, 0.2) is 0 Å². The second kappa shape index (κ2) is 7.20. The van der Waals surface area contributed by atoms with Crippen LogP contribution in [0.2, 0.25) is 0 Å². The van der Waals surface area contributed by atoms with Crippen LogP contribution < -0.4 is 10.5 Å². The number of ether oxygens (including phenoxy) is 1. The first-order valence-electron chi connectivity index (χ1n) is 6.44. The highest BCUT2D eigenvalue weighted by atomic mass is 32.2. The Balaban J connectivity index is 1.85. The van der Waals surface area contributed by atoms with Gasteiger partial charge >= 0.3 is 0 Å². The highest BCUT2D eigenvalue weighted by molar-refractivity contribution is 7.89. The van der Waals surface area contributed by atoms with Gasteiger partial charge < -0.3 is 10.5 Å². The molecule has 0 bridgehead atoms. The molecule has 0 saturated carbocycles. The normalized spacial score (nSPS) is 18.8. The number of nitrogens with one attached hydrogen (secondary N) is 1. The second-order valence-corrected chi connectivity index (χ2v) is 7.39. The molecule has 0 aromatic carbocycles. The summed E-state index contributed by atoms with van der Waals surface area (Å²) in [6, 6.07) is 1.88. The van der Waals surface area contributed by atoms with Gasteiger partial charge in [0, 0.05) is 29.0 Å². The molecule has 1 fully saturated rings. The third-order valence-corrected chi connectivity index (χ3v) is 5.22. The molecule has 0 spiro atoms. The predicted molar refractivity (Wildman–Crippen MR) is 79.9 cm³/mol. The van der Waals surface area contributed by atoms with E-state index >= 15 is 0 Å². The number of hydrogen-bond donors (Lipinski definition) is 2.